The molecule has 1 amide bonds. The zero-order valence-electron chi connectivity index (χ0n) is 13.1. The molecule has 0 saturated heterocycles. The van der Waals surface area contributed by atoms with E-state index >= 15 is 0 Å². The lowest BCUT2D eigenvalue weighted by atomic mass is 9.90. The largest absolute Gasteiger partial charge is 0.504 e. The van der Waals surface area contributed by atoms with Crippen LogP contribution in [0.2, 0.25) is 0 Å². The first-order valence-corrected chi connectivity index (χ1v) is 8.75. The van der Waals surface area contributed by atoms with Crippen LogP contribution in [0.15, 0.2) is 24.3 Å². The maximum atomic E-state index is 12.3. The quantitative estimate of drug-likeness (QED) is 0.753. The van der Waals surface area contributed by atoms with Crippen molar-refractivity contribution in [3.8, 4) is 11.5 Å². The molecule has 0 fully saturated rings. The minimum Gasteiger partial charge on any atom is -0.504 e. The second-order valence-electron chi connectivity index (χ2n) is 6.24. The molecule has 4 nitrogen and oxygen atoms in total. The van der Waals surface area contributed by atoms with Crippen molar-refractivity contribution in [2.24, 2.45) is 5.92 Å². The fraction of sp³-hybridized carbons (Fsp3) is 0.389. The summed E-state index contributed by atoms with van der Waals surface area (Å²) in [5.74, 6) is 0.417. The number of hydrogen-bond acceptors (Lipinski definition) is 4. The molecule has 0 aliphatic heterocycles. The molecule has 0 bridgehead atoms. The Morgan fingerprint density at radius 2 is 2.13 bits per heavy atom. The molecule has 1 atom stereocenters. The number of aryl methyl sites for hydroxylation is 1. The zero-order chi connectivity index (χ0) is 16.4. The van der Waals surface area contributed by atoms with E-state index in [-0.39, 0.29) is 17.4 Å². The van der Waals surface area contributed by atoms with Crippen LogP contribution in [0, 0.1) is 5.92 Å². The highest BCUT2D eigenvalue weighted by atomic mass is 32.1. The Morgan fingerprint density at radius 1 is 1.30 bits per heavy atom. The summed E-state index contributed by atoms with van der Waals surface area (Å²) >= 11 is 1.61. The second kappa shape index (κ2) is 6.62. The summed E-state index contributed by atoms with van der Waals surface area (Å²) in [4.78, 5) is 14.4. The second-order valence-corrected chi connectivity index (χ2v) is 7.37. The number of benzene rings is 1. The highest BCUT2D eigenvalue weighted by molar-refractivity contribution is 7.14. The third-order valence-electron chi connectivity index (χ3n) is 4.29. The van der Waals surface area contributed by atoms with E-state index in [2.05, 4.69) is 12.2 Å². The third kappa shape index (κ3) is 3.67. The predicted octanol–water partition coefficient (Wildman–Crippen LogP) is 3.26. The number of aromatic hydroxyl groups is 2. The number of phenols is 2. The van der Waals surface area contributed by atoms with Crippen molar-refractivity contribution in [3.05, 3.63) is 45.1 Å². The van der Waals surface area contributed by atoms with Crippen LogP contribution in [-0.2, 0) is 19.3 Å². The van der Waals surface area contributed by atoms with Crippen LogP contribution in [-0.4, -0.2) is 22.7 Å². The average Bonchev–Trinajstić information content (AvgIpc) is 2.94. The number of fused-ring (bicyclic) bond motifs is 1. The Labute approximate surface area is 139 Å². The Morgan fingerprint density at radius 3 is 2.91 bits per heavy atom. The SMILES string of the molecule is CC1CCc2sc(C(=O)NCCc3ccc(O)c(O)c3)cc2C1. The van der Waals surface area contributed by atoms with Gasteiger partial charge in [-0.25, -0.2) is 0 Å². The predicted molar refractivity (Wildman–Crippen MR) is 91.3 cm³/mol. The van der Waals surface area contributed by atoms with Gasteiger partial charge in [0, 0.05) is 11.4 Å². The van der Waals surface area contributed by atoms with E-state index in [0.29, 0.717) is 18.9 Å². The van der Waals surface area contributed by atoms with Crippen molar-refractivity contribution in [1.29, 1.82) is 0 Å². The van der Waals surface area contributed by atoms with Crippen LogP contribution in [0.5, 0.6) is 11.5 Å². The number of phenolic OH excluding ortho intramolecular Hbond substituents is 2. The average molecular weight is 331 g/mol. The standard InChI is InChI=1S/C18H21NO3S/c1-11-2-5-16-13(8-11)10-17(23-16)18(22)19-7-6-12-3-4-14(20)15(21)9-12/h3-4,9-11,20-21H,2,5-8H2,1H3,(H,19,22). The minimum absolute atomic E-state index is 0.0277. The lowest BCUT2D eigenvalue weighted by Crippen LogP contribution is -2.24. The van der Waals surface area contributed by atoms with Crippen molar-refractivity contribution < 1.29 is 15.0 Å². The molecule has 1 aliphatic carbocycles. The molecule has 1 aliphatic rings. The van der Waals surface area contributed by atoms with E-state index in [1.807, 2.05) is 6.07 Å². The summed E-state index contributed by atoms with van der Waals surface area (Å²) in [6.45, 7) is 2.76. The van der Waals surface area contributed by atoms with Crippen LogP contribution in [0.25, 0.3) is 0 Å². The zero-order valence-corrected chi connectivity index (χ0v) is 13.9. The minimum atomic E-state index is -0.131. The number of amides is 1. The van der Waals surface area contributed by atoms with Crippen molar-refractivity contribution in [2.75, 3.05) is 6.54 Å². The monoisotopic (exact) mass is 331 g/mol. The van der Waals surface area contributed by atoms with Crippen LogP contribution in [0.1, 0.15) is 39.0 Å². The van der Waals surface area contributed by atoms with E-state index < -0.39 is 0 Å². The summed E-state index contributed by atoms with van der Waals surface area (Å²) in [6, 6.07) is 6.76. The number of rotatable bonds is 4. The summed E-state index contributed by atoms with van der Waals surface area (Å²) in [6.07, 6.45) is 3.98. The summed E-state index contributed by atoms with van der Waals surface area (Å²) < 4.78 is 0. The summed E-state index contributed by atoms with van der Waals surface area (Å²) in [5.41, 5.74) is 2.21. The van der Waals surface area contributed by atoms with Gasteiger partial charge in [0.1, 0.15) is 0 Å². The molecule has 1 aromatic heterocycles. The number of thiophene rings is 1. The van der Waals surface area contributed by atoms with Crippen LogP contribution in [0.3, 0.4) is 0 Å². The first-order chi connectivity index (χ1) is 11.0. The number of nitrogens with one attached hydrogen (secondary N) is 1. The highest BCUT2D eigenvalue weighted by Crippen LogP contribution is 2.32. The van der Waals surface area contributed by atoms with Crippen LogP contribution < -0.4 is 5.32 Å². The molecule has 2 aromatic rings. The van der Waals surface area contributed by atoms with E-state index in [9.17, 15) is 15.0 Å². The van der Waals surface area contributed by atoms with Crippen LogP contribution in [0.4, 0.5) is 0 Å². The molecule has 0 spiro atoms. The highest BCUT2D eigenvalue weighted by Gasteiger charge is 2.20. The van der Waals surface area contributed by atoms with E-state index in [0.717, 1.165) is 23.3 Å². The first kappa shape index (κ1) is 15.9. The van der Waals surface area contributed by atoms with E-state index in [1.54, 1.807) is 17.4 Å². The van der Waals surface area contributed by atoms with Gasteiger partial charge in [-0.2, -0.15) is 0 Å². The Bertz CT molecular complexity index is 723. The normalized spacial score (nSPS) is 16.8. The van der Waals surface area contributed by atoms with Gasteiger partial charge < -0.3 is 15.5 Å². The Balaban J connectivity index is 1.56. The molecule has 1 aromatic carbocycles. The van der Waals surface area contributed by atoms with Gasteiger partial charge in [0.05, 0.1) is 4.88 Å². The topological polar surface area (TPSA) is 69.6 Å². The molecule has 122 valence electrons. The molecule has 0 saturated carbocycles. The van der Waals surface area contributed by atoms with Crippen molar-refractivity contribution >= 4 is 17.2 Å². The maximum Gasteiger partial charge on any atom is 0.261 e. The Kier molecular flexibility index (Phi) is 4.57. The number of hydrogen-bond donors (Lipinski definition) is 3. The van der Waals surface area contributed by atoms with Crippen molar-refractivity contribution in [2.45, 2.75) is 32.6 Å². The van der Waals surface area contributed by atoms with E-state index in [1.165, 1.54) is 29.0 Å². The van der Waals surface area contributed by atoms with Gasteiger partial charge >= 0.3 is 0 Å². The fourth-order valence-corrected chi connectivity index (χ4v) is 4.07. The molecule has 5 heteroatoms. The molecule has 23 heavy (non-hydrogen) atoms. The fourth-order valence-electron chi connectivity index (χ4n) is 2.95. The molecule has 0 radical (unpaired) electrons. The van der Waals surface area contributed by atoms with Crippen LogP contribution >= 0.6 is 11.3 Å². The molecule has 3 N–H and O–H groups in total. The lowest BCUT2D eigenvalue weighted by Gasteiger charge is -2.16. The van der Waals surface area contributed by atoms with E-state index in [4.69, 9.17) is 0 Å². The third-order valence-corrected chi connectivity index (χ3v) is 5.53. The van der Waals surface area contributed by atoms with Crippen molar-refractivity contribution in [1.82, 2.24) is 5.32 Å². The van der Waals surface area contributed by atoms with Crippen molar-refractivity contribution in [3.63, 3.8) is 0 Å². The maximum absolute atomic E-state index is 12.3. The van der Waals surface area contributed by atoms with Gasteiger partial charge in [0.25, 0.3) is 5.91 Å². The van der Waals surface area contributed by atoms with Gasteiger partial charge in [0.15, 0.2) is 11.5 Å². The van der Waals surface area contributed by atoms with Gasteiger partial charge in [-0.1, -0.05) is 13.0 Å². The van der Waals surface area contributed by atoms with Gasteiger partial charge in [-0.3, -0.25) is 4.79 Å². The lowest BCUT2D eigenvalue weighted by molar-refractivity contribution is 0.0958. The molecular weight excluding hydrogens is 310 g/mol. The molecule has 3 rings (SSSR count). The molecule has 1 unspecified atom stereocenters. The molecular formula is C18H21NO3S. The summed E-state index contributed by atoms with van der Waals surface area (Å²) in [5, 5.41) is 21.7. The number of carbonyl (C=O) groups excluding carboxylic acids is 1. The van der Waals surface area contributed by atoms with Gasteiger partial charge in [-0.05, 0) is 60.9 Å². The van der Waals surface area contributed by atoms with Gasteiger partial charge in [0.2, 0.25) is 0 Å². The first-order valence-electron chi connectivity index (χ1n) is 7.93. The number of carbonyl (C=O) groups is 1. The molecule has 1 heterocycles. The van der Waals surface area contributed by atoms with Gasteiger partial charge in [-0.15, -0.1) is 11.3 Å². The Hall–Kier alpha value is -2.01. The smallest absolute Gasteiger partial charge is 0.261 e. The summed E-state index contributed by atoms with van der Waals surface area (Å²) in [7, 11) is 0.